The molecule has 1 N–H and O–H groups in total. The Hall–Kier alpha value is -4.12. The Bertz CT molecular complexity index is 1380. The zero-order valence-corrected chi connectivity index (χ0v) is 18.6. The molecule has 1 aliphatic rings. The van der Waals surface area contributed by atoms with Crippen LogP contribution in [0, 0.1) is 5.82 Å². The van der Waals surface area contributed by atoms with E-state index < -0.39 is 23.8 Å². The van der Waals surface area contributed by atoms with Crippen LogP contribution in [0.2, 0.25) is 0 Å². The molecule has 1 aliphatic heterocycles. The number of carbonyl (C=O) groups excluding carboxylic acids is 1. The van der Waals surface area contributed by atoms with Crippen molar-refractivity contribution in [1.29, 1.82) is 0 Å². The minimum Gasteiger partial charge on any atom is -0.508 e. The van der Waals surface area contributed by atoms with E-state index in [2.05, 4.69) is 5.10 Å². The first kappa shape index (κ1) is 23.6. The van der Waals surface area contributed by atoms with E-state index in [1.165, 1.54) is 34.4 Å². The summed E-state index contributed by atoms with van der Waals surface area (Å²) in [5, 5.41) is 13.9. The number of carbonyl (C=O) groups is 1. The van der Waals surface area contributed by atoms with Crippen molar-refractivity contribution in [2.45, 2.75) is 18.8 Å². The second-order valence-corrected chi connectivity index (χ2v) is 8.22. The largest absolute Gasteiger partial charge is 0.508 e. The van der Waals surface area contributed by atoms with E-state index in [9.17, 15) is 27.5 Å². The topological polar surface area (TPSA) is 80.7 Å². The minimum atomic E-state index is -4.88. The lowest BCUT2D eigenvalue weighted by molar-refractivity contribution is -0.140. The van der Waals surface area contributed by atoms with Crippen molar-refractivity contribution in [2.75, 3.05) is 13.2 Å². The third-order valence-corrected chi connectivity index (χ3v) is 5.87. The summed E-state index contributed by atoms with van der Waals surface area (Å²) in [5.74, 6) is -1.52. The van der Waals surface area contributed by atoms with Gasteiger partial charge in [-0.15, -0.1) is 0 Å². The molecule has 186 valence electrons. The lowest BCUT2D eigenvalue weighted by atomic mass is 10.1. The van der Waals surface area contributed by atoms with Gasteiger partial charge in [0, 0.05) is 23.9 Å². The summed E-state index contributed by atoms with van der Waals surface area (Å²) in [6, 6.07) is 10.8. The summed E-state index contributed by atoms with van der Waals surface area (Å²) < 4.78 is 65.8. The number of rotatable bonds is 6. The quantitative estimate of drug-likeness (QED) is 0.372. The molecule has 1 amide bonds. The first-order valence-electron chi connectivity index (χ1n) is 10.9. The maximum Gasteiger partial charge on any atom is 0.419 e. The summed E-state index contributed by atoms with van der Waals surface area (Å²) in [7, 11) is 0. The lowest BCUT2D eigenvalue weighted by Crippen LogP contribution is -2.30. The van der Waals surface area contributed by atoms with Gasteiger partial charge < -0.3 is 19.2 Å². The number of nitrogens with zero attached hydrogens (tertiary/aromatic N) is 3. The van der Waals surface area contributed by atoms with Crippen LogP contribution in [0.15, 0.2) is 71.7 Å². The zero-order chi connectivity index (χ0) is 25.4. The van der Waals surface area contributed by atoms with Crippen LogP contribution >= 0.6 is 0 Å². The number of hydrogen-bond donors (Lipinski definition) is 1. The Morgan fingerprint density at radius 3 is 2.58 bits per heavy atom. The number of halogens is 4. The van der Waals surface area contributed by atoms with E-state index in [1.54, 1.807) is 30.3 Å². The van der Waals surface area contributed by atoms with Gasteiger partial charge in [0.05, 0.1) is 23.8 Å². The molecule has 0 spiro atoms. The molecule has 4 aromatic rings. The summed E-state index contributed by atoms with van der Waals surface area (Å²) in [5.41, 5.74) is 0.776. The number of amides is 1. The van der Waals surface area contributed by atoms with E-state index >= 15 is 0 Å². The molecule has 0 aliphatic carbocycles. The molecule has 1 fully saturated rings. The molecule has 36 heavy (non-hydrogen) atoms. The molecular formula is C25H19F4N3O4. The fourth-order valence-electron chi connectivity index (χ4n) is 4.06. The third-order valence-electron chi connectivity index (χ3n) is 5.87. The van der Waals surface area contributed by atoms with Gasteiger partial charge in [-0.2, -0.15) is 18.3 Å². The van der Waals surface area contributed by atoms with E-state index in [-0.39, 0.29) is 24.0 Å². The predicted octanol–water partition coefficient (Wildman–Crippen LogP) is 5.10. The number of benzene rings is 2. The van der Waals surface area contributed by atoms with Gasteiger partial charge in [-0.25, -0.2) is 9.07 Å². The first-order chi connectivity index (χ1) is 17.2. The van der Waals surface area contributed by atoms with Crippen molar-refractivity contribution >= 4 is 5.91 Å². The fourth-order valence-corrected chi connectivity index (χ4v) is 4.06. The monoisotopic (exact) mass is 501 g/mol. The number of alkyl halides is 3. The van der Waals surface area contributed by atoms with Crippen LogP contribution in [-0.4, -0.2) is 38.8 Å². The first-order valence-corrected chi connectivity index (χ1v) is 10.9. The third kappa shape index (κ3) is 4.57. The van der Waals surface area contributed by atoms with Crippen LogP contribution < -0.4 is 0 Å². The molecule has 11 heteroatoms. The summed E-state index contributed by atoms with van der Waals surface area (Å²) in [6.45, 7) is 0.115. The SMILES string of the molecule is O=C1COC(c2cn(-c3ccc(F)c(C(F)(F)F)c3)nc2-c2ccoc2)N1CCc1ccc(O)cc1. The molecule has 7 nitrogen and oxygen atoms in total. The van der Waals surface area contributed by atoms with Crippen molar-refractivity contribution in [1.82, 2.24) is 14.7 Å². The molecule has 0 bridgehead atoms. The Morgan fingerprint density at radius 1 is 1.11 bits per heavy atom. The number of phenolic OH excluding ortho intramolecular Hbond substituents is 1. The molecule has 2 aromatic heterocycles. The van der Waals surface area contributed by atoms with Crippen LogP contribution in [0.5, 0.6) is 5.75 Å². The van der Waals surface area contributed by atoms with Gasteiger partial charge in [0.2, 0.25) is 0 Å². The average molecular weight is 501 g/mol. The molecule has 0 saturated carbocycles. The average Bonchev–Trinajstić information content (AvgIpc) is 3.58. The highest BCUT2D eigenvalue weighted by Crippen LogP contribution is 2.37. The number of ether oxygens (including phenoxy) is 1. The fraction of sp³-hybridized carbons (Fsp3) is 0.200. The van der Waals surface area contributed by atoms with Crippen LogP contribution in [0.25, 0.3) is 16.9 Å². The van der Waals surface area contributed by atoms with E-state index in [1.807, 2.05) is 0 Å². The lowest BCUT2D eigenvalue weighted by Gasteiger charge is -2.23. The number of furan rings is 1. The Morgan fingerprint density at radius 2 is 1.89 bits per heavy atom. The van der Waals surface area contributed by atoms with Gasteiger partial charge in [0.15, 0.2) is 6.23 Å². The minimum absolute atomic E-state index is 0.0142. The number of phenols is 1. The molecule has 2 aromatic carbocycles. The Labute approximate surface area is 202 Å². The van der Waals surface area contributed by atoms with Crippen LogP contribution in [0.1, 0.15) is 22.9 Å². The zero-order valence-electron chi connectivity index (χ0n) is 18.6. The summed E-state index contributed by atoms with van der Waals surface area (Å²) in [4.78, 5) is 14.2. The molecule has 1 atom stereocenters. The van der Waals surface area contributed by atoms with Crippen molar-refractivity contribution in [2.24, 2.45) is 0 Å². The molecule has 1 unspecified atom stereocenters. The van der Waals surface area contributed by atoms with Gasteiger partial charge in [-0.3, -0.25) is 4.79 Å². The second kappa shape index (κ2) is 9.15. The maximum atomic E-state index is 13.8. The Balaban J connectivity index is 1.51. The molecule has 0 radical (unpaired) electrons. The molecule has 3 heterocycles. The van der Waals surface area contributed by atoms with Crippen LogP contribution in [-0.2, 0) is 22.1 Å². The van der Waals surface area contributed by atoms with Gasteiger partial charge in [-0.1, -0.05) is 12.1 Å². The highest BCUT2D eigenvalue weighted by atomic mass is 19.4. The number of hydrogen-bond acceptors (Lipinski definition) is 5. The van der Waals surface area contributed by atoms with Gasteiger partial charge >= 0.3 is 6.18 Å². The van der Waals surface area contributed by atoms with E-state index in [0.717, 1.165) is 11.6 Å². The van der Waals surface area contributed by atoms with Crippen molar-refractivity contribution < 1.29 is 36.6 Å². The van der Waals surface area contributed by atoms with Crippen molar-refractivity contribution in [3.8, 4) is 22.7 Å². The highest BCUT2D eigenvalue weighted by Gasteiger charge is 2.37. The number of aromatic hydroxyl groups is 1. The standard InChI is InChI=1S/C25H19F4N3O4/c26-21-6-3-17(11-20(21)25(27,28)29)32-12-19(23(30-32)16-8-10-35-13-16)24-31(22(34)14-36-24)9-7-15-1-4-18(33)5-2-15/h1-6,8,10-13,24,33H,7,9,14H2. The summed E-state index contributed by atoms with van der Waals surface area (Å²) >= 11 is 0. The smallest absolute Gasteiger partial charge is 0.419 e. The van der Waals surface area contributed by atoms with Gasteiger partial charge in [0.1, 0.15) is 23.9 Å². The van der Waals surface area contributed by atoms with Gasteiger partial charge in [0.25, 0.3) is 5.91 Å². The maximum absolute atomic E-state index is 13.8. The number of aromatic nitrogens is 2. The highest BCUT2D eigenvalue weighted by molar-refractivity contribution is 5.80. The summed E-state index contributed by atoms with van der Waals surface area (Å²) in [6.07, 6.45) is -0.952. The predicted molar refractivity (Wildman–Crippen MR) is 118 cm³/mol. The normalized spacial score (nSPS) is 16.2. The van der Waals surface area contributed by atoms with Gasteiger partial charge in [-0.05, 0) is 48.4 Å². The molecule has 1 saturated heterocycles. The molecule has 5 rings (SSSR count). The van der Waals surface area contributed by atoms with Crippen molar-refractivity contribution in [3.05, 3.63) is 89.8 Å². The molecular weight excluding hydrogens is 482 g/mol. The van der Waals surface area contributed by atoms with Crippen LogP contribution in [0.4, 0.5) is 17.6 Å². The second-order valence-electron chi connectivity index (χ2n) is 8.22. The Kier molecular flexibility index (Phi) is 6.00. The van der Waals surface area contributed by atoms with Crippen LogP contribution in [0.3, 0.4) is 0 Å². The van der Waals surface area contributed by atoms with Crippen molar-refractivity contribution in [3.63, 3.8) is 0 Å². The van der Waals surface area contributed by atoms with E-state index in [4.69, 9.17) is 9.15 Å². The van der Waals surface area contributed by atoms with E-state index in [0.29, 0.717) is 35.9 Å².